The zero-order valence-corrected chi connectivity index (χ0v) is 27.5. The predicted octanol–water partition coefficient (Wildman–Crippen LogP) is 5.64. The zero-order valence-electron chi connectivity index (χ0n) is 27.5. The first kappa shape index (κ1) is 36.1. The third-order valence-electron chi connectivity index (χ3n) is 8.94. The Bertz CT molecular complexity index is 1570. The largest absolute Gasteiger partial charge is 0.463 e. The van der Waals surface area contributed by atoms with Crippen LogP contribution in [0.3, 0.4) is 0 Å². The van der Waals surface area contributed by atoms with Crippen LogP contribution in [0.5, 0.6) is 0 Å². The standard InChI is InChI=1S/C39H47N3O6/c1-3-5-16-32(23-28-14-7-6-8-15-28)38(47)48-26-34(37(46)40-33-20-19-29-17-9-10-18-30(29)24-33)41-36(45)31(13-4-2)25-35(44)42-39(27-43)21-11-12-22-39/h3-4,6-10,14-15,17-20,24,31-32,34,43H,1-2,5,11-13,16,21-23,25-27H2,(H,40,46)(H,41,45)(H,42,44)/t31-,32+,34-/m0/s1. The van der Waals surface area contributed by atoms with E-state index >= 15 is 0 Å². The molecule has 254 valence electrons. The molecule has 1 aliphatic rings. The monoisotopic (exact) mass is 653 g/mol. The molecule has 48 heavy (non-hydrogen) atoms. The number of carbonyl (C=O) groups is 4. The van der Waals surface area contributed by atoms with Gasteiger partial charge in [-0.15, -0.1) is 13.2 Å². The number of allylic oxidation sites excluding steroid dienone is 2. The molecule has 0 aromatic heterocycles. The Kier molecular flexibility index (Phi) is 13.5. The Morgan fingerprint density at radius 3 is 2.27 bits per heavy atom. The number of amides is 3. The fourth-order valence-corrected chi connectivity index (χ4v) is 6.20. The number of hydrogen-bond acceptors (Lipinski definition) is 6. The molecule has 0 saturated heterocycles. The summed E-state index contributed by atoms with van der Waals surface area (Å²) in [5, 5.41) is 20.4. The van der Waals surface area contributed by atoms with Crippen molar-refractivity contribution in [3.63, 3.8) is 0 Å². The third kappa shape index (κ3) is 10.4. The second-order valence-electron chi connectivity index (χ2n) is 12.6. The molecule has 3 aromatic carbocycles. The van der Waals surface area contributed by atoms with Crippen molar-refractivity contribution in [1.82, 2.24) is 10.6 Å². The number of fused-ring (bicyclic) bond motifs is 1. The number of rotatable bonds is 18. The molecule has 0 aliphatic heterocycles. The molecule has 3 aromatic rings. The summed E-state index contributed by atoms with van der Waals surface area (Å²) in [5.74, 6) is -3.25. The van der Waals surface area contributed by atoms with Crippen molar-refractivity contribution in [3.05, 3.63) is 104 Å². The van der Waals surface area contributed by atoms with Crippen molar-refractivity contribution in [2.75, 3.05) is 18.5 Å². The highest BCUT2D eigenvalue weighted by Gasteiger charge is 2.36. The summed E-state index contributed by atoms with van der Waals surface area (Å²) in [5.41, 5.74) is 0.823. The Morgan fingerprint density at radius 1 is 0.875 bits per heavy atom. The van der Waals surface area contributed by atoms with Gasteiger partial charge in [0.2, 0.25) is 11.8 Å². The quantitative estimate of drug-likeness (QED) is 0.104. The van der Waals surface area contributed by atoms with Gasteiger partial charge in [-0.2, -0.15) is 0 Å². The molecule has 4 rings (SSSR count). The van der Waals surface area contributed by atoms with Crippen molar-refractivity contribution in [2.45, 2.75) is 69.4 Å². The molecule has 1 saturated carbocycles. The molecule has 0 unspecified atom stereocenters. The number of aliphatic hydroxyl groups excluding tert-OH is 1. The zero-order chi connectivity index (χ0) is 34.4. The number of carbonyl (C=O) groups excluding carboxylic acids is 4. The summed E-state index contributed by atoms with van der Waals surface area (Å²) in [6, 6.07) is 21.6. The Morgan fingerprint density at radius 2 is 1.58 bits per heavy atom. The second-order valence-corrected chi connectivity index (χ2v) is 12.6. The first-order valence-electron chi connectivity index (χ1n) is 16.7. The van der Waals surface area contributed by atoms with Gasteiger partial charge in [0.15, 0.2) is 0 Å². The molecular formula is C39H47N3O6. The van der Waals surface area contributed by atoms with E-state index in [2.05, 4.69) is 29.1 Å². The van der Waals surface area contributed by atoms with Crippen LogP contribution in [0.1, 0.15) is 56.9 Å². The smallest absolute Gasteiger partial charge is 0.309 e. The summed E-state index contributed by atoms with van der Waals surface area (Å²) in [6.07, 6.45) is 8.07. The molecule has 0 heterocycles. The summed E-state index contributed by atoms with van der Waals surface area (Å²) >= 11 is 0. The lowest BCUT2D eigenvalue weighted by Crippen LogP contribution is -2.52. The van der Waals surface area contributed by atoms with Gasteiger partial charge in [0.05, 0.1) is 24.0 Å². The second kappa shape index (κ2) is 18.0. The molecule has 3 amide bonds. The number of benzene rings is 3. The fraction of sp³-hybridized carbons (Fsp3) is 0.385. The van der Waals surface area contributed by atoms with E-state index in [4.69, 9.17) is 4.74 Å². The van der Waals surface area contributed by atoms with E-state index in [0.717, 1.165) is 29.2 Å². The van der Waals surface area contributed by atoms with Crippen molar-refractivity contribution in [2.24, 2.45) is 11.8 Å². The van der Waals surface area contributed by atoms with Gasteiger partial charge in [-0.25, -0.2) is 0 Å². The van der Waals surface area contributed by atoms with Gasteiger partial charge >= 0.3 is 5.97 Å². The van der Waals surface area contributed by atoms with Gasteiger partial charge in [0.25, 0.3) is 5.91 Å². The molecule has 0 spiro atoms. The maximum Gasteiger partial charge on any atom is 0.309 e. The highest BCUT2D eigenvalue weighted by molar-refractivity contribution is 5.99. The van der Waals surface area contributed by atoms with Crippen molar-refractivity contribution >= 4 is 40.2 Å². The summed E-state index contributed by atoms with van der Waals surface area (Å²) in [4.78, 5) is 53.8. The van der Waals surface area contributed by atoms with Crippen LogP contribution < -0.4 is 16.0 Å². The van der Waals surface area contributed by atoms with E-state index in [1.165, 1.54) is 0 Å². The first-order valence-corrected chi connectivity index (χ1v) is 16.7. The molecular weight excluding hydrogens is 606 g/mol. The van der Waals surface area contributed by atoms with E-state index < -0.39 is 47.8 Å². The molecule has 1 fully saturated rings. The number of aliphatic hydroxyl groups is 1. The van der Waals surface area contributed by atoms with Gasteiger partial charge < -0.3 is 25.8 Å². The van der Waals surface area contributed by atoms with Crippen LogP contribution in [0.4, 0.5) is 5.69 Å². The van der Waals surface area contributed by atoms with Crippen LogP contribution in [0.2, 0.25) is 0 Å². The van der Waals surface area contributed by atoms with Gasteiger partial charge in [-0.1, -0.05) is 85.7 Å². The van der Waals surface area contributed by atoms with Crippen molar-refractivity contribution < 1.29 is 29.0 Å². The van der Waals surface area contributed by atoms with Crippen molar-refractivity contribution in [3.8, 4) is 0 Å². The highest BCUT2D eigenvalue weighted by Crippen LogP contribution is 2.29. The minimum Gasteiger partial charge on any atom is -0.463 e. The normalized spacial score (nSPS) is 15.4. The SMILES string of the molecule is C=CCC[C@H](Cc1ccccc1)C(=O)OC[C@H](NC(=O)[C@@H](CC=C)CC(=O)NC1(CO)CCCC1)C(=O)Nc1ccc2ccccc2c1. The van der Waals surface area contributed by atoms with Crippen LogP contribution in [0, 0.1) is 11.8 Å². The van der Waals surface area contributed by atoms with E-state index in [0.29, 0.717) is 37.8 Å². The third-order valence-corrected chi connectivity index (χ3v) is 8.94. The molecule has 9 heteroatoms. The molecule has 0 radical (unpaired) electrons. The lowest BCUT2D eigenvalue weighted by Gasteiger charge is -2.29. The van der Waals surface area contributed by atoms with Gasteiger partial charge in [-0.3, -0.25) is 19.2 Å². The Labute approximate surface area is 282 Å². The molecule has 1 aliphatic carbocycles. The number of ether oxygens (including phenoxy) is 1. The topological polar surface area (TPSA) is 134 Å². The first-order chi connectivity index (χ1) is 23.3. The van der Waals surface area contributed by atoms with E-state index in [-0.39, 0.29) is 25.4 Å². The average molecular weight is 654 g/mol. The van der Waals surface area contributed by atoms with E-state index in [1.807, 2.05) is 66.7 Å². The maximum absolute atomic E-state index is 13.7. The molecule has 4 N–H and O–H groups in total. The van der Waals surface area contributed by atoms with Gasteiger partial charge in [0, 0.05) is 12.1 Å². The molecule has 3 atom stereocenters. The van der Waals surface area contributed by atoms with Gasteiger partial charge in [-0.05, 0) is 67.0 Å². The summed E-state index contributed by atoms with van der Waals surface area (Å²) in [6.45, 7) is 6.96. The van der Waals surface area contributed by atoms with Crippen LogP contribution in [-0.2, 0) is 30.3 Å². The molecule has 9 nitrogen and oxygen atoms in total. The summed E-state index contributed by atoms with van der Waals surface area (Å²) < 4.78 is 5.73. The molecule has 0 bridgehead atoms. The lowest BCUT2D eigenvalue weighted by molar-refractivity contribution is -0.150. The minimum atomic E-state index is -1.24. The van der Waals surface area contributed by atoms with E-state index in [9.17, 15) is 24.3 Å². The fourth-order valence-electron chi connectivity index (χ4n) is 6.20. The Balaban J connectivity index is 1.50. The van der Waals surface area contributed by atoms with Crippen LogP contribution in [-0.4, -0.2) is 53.6 Å². The number of nitrogens with one attached hydrogen (secondary N) is 3. The number of hydrogen-bond donors (Lipinski definition) is 4. The predicted molar refractivity (Wildman–Crippen MR) is 188 cm³/mol. The average Bonchev–Trinajstić information content (AvgIpc) is 3.57. The van der Waals surface area contributed by atoms with Crippen molar-refractivity contribution in [1.29, 1.82) is 0 Å². The van der Waals surface area contributed by atoms with Crippen LogP contribution in [0.15, 0.2) is 98.1 Å². The maximum atomic E-state index is 13.7. The van der Waals surface area contributed by atoms with Crippen LogP contribution >= 0.6 is 0 Å². The highest BCUT2D eigenvalue weighted by atomic mass is 16.5. The minimum absolute atomic E-state index is 0.154. The Hall–Kier alpha value is -4.76. The number of esters is 1. The van der Waals surface area contributed by atoms with Crippen LogP contribution in [0.25, 0.3) is 10.8 Å². The van der Waals surface area contributed by atoms with E-state index in [1.54, 1.807) is 18.2 Å². The lowest BCUT2D eigenvalue weighted by atomic mass is 9.95. The summed E-state index contributed by atoms with van der Waals surface area (Å²) in [7, 11) is 0. The van der Waals surface area contributed by atoms with Gasteiger partial charge in [0.1, 0.15) is 12.6 Å². The number of anilines is 1.